The average Bonchev–Trinajstić information content (AvgIpc) is 2.48. The number of nitrogen functional groups attached to an aromatic ring is 1. The summed E-state index contributed by atoms with van der Waals surface area (Å²) in [6.07, 6.45) is 1.93. The predicted molar refractivity (Wildman–Crippen MR) is 84.8 cm³/mol. The quantitative estimate of drug-likeness (QED) is 0.741. The minimum absolute atomic E-state index is 0.103. The van der Waals surface area contributed by atoms with E-state index in [1.165, 1.54) is 6.07 Å². The second-order valence-electron chi connectivity index (χ2n) is 5.56. The number of hydrogen-bond donors (Lipinski definition) is 3. The molecule has 2 aromatic rings. The van der Waals surface area contributed by atoms with Gasteiger partial charge in [0.1, 0.15) is 11.5 Å². The Morgan fingerprint density at radius 3 is 2.38 bits per heavy atom. The summed E-state index contributed by atoms with van der Waals surface area (Å²) >= 11 is 0. The maximum absolute atomic E-state index is 9.98. The maximum atomic E-state index is 9.98. The first-order valence-electron chi connectivity index (χ1n) is 7.26. The van der Waals surface area contributed by atoms with Gasteiger partial charge in [-0.15, -0.1) is 0 Å². The van der Waals surface area contributed by atoms with Crippen LogP contribution in [-0.2, 0) is 0 Å². The minimum Gasteiger partial charge on any atom is -0.508 e. The third-order valence-electron chi connectivity index (χ3n) is 4.23. The van der Waals surface area contributed by atoms with E-state index in [1.54, 1.807) is 6.07 Å². The number of benzene rings is 2. The van der Waals surface area contributed by atoms with Crippen molar-refractivity contribution in [2.24, 2.45) is 0 Å². The van der Waals surface area contributed by atoms with Crippen LogP contribution in [0.1, 0.15) is 24.3 Å². The molecule has 0 unspecified atom stereocenters. The molecule has 1 fully saturated rings. The molecular formula is C17H20N2O2. The number of hydrogen-bond acceptors (Lipinski definition) is 4. The third-order valence-corrected chi connectivity index (χ3v) is 4.23. The predicted octanol–water partition coefficient (Wildman–Crippen LogP) is 3.06. The van der Waals surface area contributed by atoms with Crippen molar-refractivity contribution in [1.82, 2.24) is 0 Å². The van der Waals surface area contributed by atoms with Crippen LogP contribution < -0.4 is 10.6 Å². The van der Waals surface area contributed by atoms with Crippen molar-refractivity contribution in [1.29, 1.82) is 0 Å². The van der Waals surface area contributed by atoms with Crippen molar-refractivity contribution in [2.75, 3.05) is 23.7 Å². The van der Waals surface area contributed by atoms with E-state index in [-0.39, 0.29) is 11.5 Å². The molecule has 2 aromatic carbocycles. The van der Waals surface area contributed by atoms with E-state index in [2.05, 4.69) is 4.90 Å². The summed E-state index contributed by atoms with van der Waals surface area (Å²) in [6.45, 7) is 1.83. The normalized spacial score (nSPS) is 16.1. The van der Waals surface area contributed by atoms with Gasteiger partial charge in [-0.05, 0) is 42.5 Å². The number of para-hydroxylation sites is 2. The number of aromatic hydroxyl groups is 2. The highest BCUT2D eigenvalue weighted by Crippen LogP contribution is 2.37. The van der Waals surface area contributed by atoms with Gasteiger partial charge in [0.05, 0.1) is 11.4 Å². The second-order valence-corrected chi connectivity index (χ2v) is 5.56. The molecule has 1 saturated heterocycles. The lowest BCUT2D eigenvalue weighted by molar-refractivity contribution is 0.428. The minimum atomic E-state index is 0.103. The number of phenols is 2. The molecule has 1 aliphatic heterocycles. The zero-order valence-corrected chi connectivity index (χ0v) is 11.9. The molecule has 0 aliphatic carbocycles. The van der Waals surface area contributed by atoms with Crippen molar-refractivity contribution in [3.05, 3.63) is 48.0 Å². The van der Waals surface area contributed by atoms with Gasteiger partial charge < -0.3 is 20.8 Å². The molecule has 110 valence electrons. The first-order valence-corrected chi connectivity index (χ1v) is 7.26. The van der Waals surface area contributed by atoms with E-state index in [0.717, 1.165) is 42.9 Å². The smallest absolute Gasteiger partial charge is 0.122 e. The highest BCUT2D eigenvalue weighted by molar-refractivity contribution is 5.67. The molecule has 0 aromatic heterocycles. The third kappa shape index (κ3) is 2.75. The van der Waals surface area contributed by atoms with Crippen LogP contribution in [0.4, 0.5) is 11.4 Å². The summed E-state index contributed by atoms with van der Waals surface area (Å²) in [7, 11) is 0. The fourth-order valence-corrected chi connectivity index (χ4v) is 3.08. The number of phenolic OH excluding ortho intramolecular Hbond substituents is 2. The Kier molecular flexibility index (Phi) is 3.60. The Balaban J connectivity index is 1.72. The van der Waals surface area contributed by atoms with Gasteiger partial charge in [0.25, 0.3) is 0 Å². The van der Waals surface area contributed by atoms with Crippen LogP contribution in [-0.4, -0.2) is 23.3 Å². The standard InChI is InChI=1S/C17H20N2O2/c18-15-3-1-2-4-16(15)19-9-7-12(8-10-19)14-6-5-13(20)11-17(14)21/h1-6,11-12,20-21H,7-10,18H2. The lowest BCUT2D eigenvalue weighted by atomic mass is 9.88. The largest absolute Gasteiger partial charge is 0.508 e. The molecule has 0 radical (unpaired) electrons. The van der Waals surface area contributed by atoms with Gasteiger partial charge in [-0.2, -0.15) is 0 Å². The molecule has 4 nitrogen and oxygen atoms in total. The maximum Gasteiger partial charge on any atom is 0.122 e. The van der Waals surface area contributed by atoms with Crippen LogP contribution in [0, 0.1) is 0 Å². The first-order chi connectivity index (χ1) is 10.1. The van der Waals surface area contributed by atoms with Gasteiger partial charge in [0.15, 0.2) is 0 Å². The monoisotopic (exact) mass is 284 g/mol. The van der Waals surface area contributed by atoms with E-state index in [0.29, 0.717) is 5.92 Å². The first kappa shape index (κ1) is 13.6. The molecule has 0 spiro atoms. The number of nitrogens with zero attached hydrogens (tertiary/aromatic N) is 1. The van der Waals surface area contributed by atoms with Crippen molar-refractivity contribution in [2.45, 2.75) is 18.8 Å². The molecule has 1 aliphatic rings. The number of rotatable bonds is 2. The number of nitrogens with two attached hydrogens (primary N) is 1. The SMILES string of the molecule is Nc1ccccc1N1CCC(c2ccc(O)cc2O)CC1. The van der Waals surface area contributed by atoms with Gasteiger partial charge in [0.2, 0.25) is 0 Å². The summed E-state index contributed by atoms with van der Waals surface area (Å²) in [5, 5.41) is 19.4. The molecular weight excluding hydrogens is 264 g/mol. The molecule has 0 bridgehead atoms. The zero-order chi connectivity index (χ0) is 14.8. The fraction of sp³-hybridized carbons (Fsp3) is 0.294. The van der Waals surface area contributed by atoms with Gasteiger partial charge in [-0.1, -0.05) is 18.2 Å². The summed E-state index contributed by atoms with van der Waals surface area (Å²) < 4.78 is 0. The molecule has 4 N–H and O–H groups in total. The number of piperidine rings is 1. The van der Waals surface area contributed by atoms with Gasteiger partial charge in [0, 0.05) is 19.2 Å². The van der Waals surface area contributed by atoms with E-state index >= 15 is 0 Å². The topological polar surface area (TPSA) is 69.7 Å². The molecule has 21 heavy (non-hydrogen) atoms. The van der Waals surface area contributed by atoms with E-state index in [4.69, 9.17) is 5.73 Å². The van der Waals surface area contributed by atoms with E-state index < -0.39 is 0 Å². The lowest BCUT2D eigenvalue weighted by Crippen LogP contribution is -2.33. The average molecular weight is 284 g/mol. The van der Waals surface area contributed by atoms with Crippen molar-refractivity contribution < 1.29 is 10.2 Å². The molecule has 0 atom stereocenters. The van der Waals surface area contributed by atoms with Crippen LogP contribution in [0.25, 0.3) is 0 Å². The highest BCUT2D eigenvalue weighted by atomic mass is 16.3. The Bertz CT molecular complexity index is 634. The summed E-state index contributed by atoms with van der Waals surface area (Å²) in [6, 6.07) is 12.8. The van der Waals surface area contributed by atoms with Gasteiger partial charge >= 0.3 is 0 Å². The molecule has 3 rings (SSSR count). The Morgan fingerprint density at radius 2 is 1.71 bits per heavy atom. The van der Waals surface area contributed by atoms with Crippen LogP contribution in [0.2, 0.25) is 0 Å². The summed E-state index contributed by atoms with van der Waals surface area (Å²) in [4.78, 5) is 2.29. The van der Waals surface area contributed by atoms with E-state index in [9.17, 15) is 10.2 Å². The molecule has 0 saturated carbocycles. The van der Waals surface area contributed by atoms with Crippen molar-refractivity contribution in [3.63, 3.8) is 0 Å². The van der Waals surface area contributed by atoms with Crippen molar-refractivity contribution >= 4 is 11.4 Å². The van der Waals surface area contributed by atoms with Crippen LogP contribution in [0.15, 0.2) is 42.5 Å². The van der Waals surface area contributed by atoms with E-state index in [1.807, 2.05) is 30.3 Å². The van der Waals surface area contributed by atoms with Gasteiger partial charge in [-0.3, -0.25) is 0 Å². The molecule has 0 amide bonds. The van der Waals surface area contributed by atoms with Crippen LogP contribution >= 0.6 is 0 Å². The zero-order valence-electron chi connectivity index (χ0n) is 11.9. The Labute approximate surface area is 124 Å². The Hall–Kier alpha value is -2.36. The highest BCUT2D eigenvalue weighted by Gasteiger charge is 2.23. The number of anilines is 2. The van der Waals surface area contributed by atoms with Crippen LogP contribution in [0.3, 0.4) is 0 Å². The summed E-state index contributed by atoms with van der Waals surface area (Å²) in [5.74, 6) is 0.616. The second kappa shape index (κ2) is 5.56. The summed E-state index contributed by atoms with van der Waals surface area (Å²) in [5.41, 5.74) is 8.85. The molecule has 4 heteroatoms. The fourth-order valence-electron chi connectivity index (χ4n) is 3.08. The van der Waals surface area contributed by atoms with Crippen molar-refractivity contribution in [3.8, 4) is 11.5 Å². The molecule has 1 heterocycles. The van der Waals surface area contributed by atoms with Crippen LogP contribution in [0.5, 0.6) is 11.5 Å². The Morgan fingerprint density at radius 1 is 1.00 bits per heavy atom. The lowest BCUT2D eigenvalue weighted by Gasteiger charge is -2.34. The van der Waals surface area contributed by atoms with Gasteiger partial charge in [-0.25, -0.2) is 0 Å².